The predicted molar refractivity (Wildman–Crippen MR) is 79.6 cm³/mol. The van der Waals surface area contributed by atoms with Crippen molar-refractivity contribution in [1.29, 1.82) is 0 Å². The van der Waals surface area contributed by atoms with Crippen molar-refractivity contribution in [3.05, 3.63) is 41.9 Å². The highest BCUT2D eigenvalue weighted by molar-refractivity contribution is 5.14. The molecule has 0 spiro atoms. The van der Waals surface area contributed by atoms with Gasteiger partial charge in [0.05, 0.1) is 12.8 Å². The summed E-state index contributed by atoms with van der Waals surface area (Å²) in [6, 6.07) is 2.00. The Morgan fingerprint density at radius 1 is 1.52 bits per heavy atom. The van der Waals surface area contributed by atoms with E-state index >= 15 is 0 Å². The normalized spacial score (nSPS) is 21.6. The minimum Gasteiger partial charge on any atom is -0.468 e. The minimum absolute atomic E-state index is 0.232. The van der Waals surface area contributed by atoms with E-state index in [4.69, 9.17) is 4.42 Å². The van der Waals surface area contributed by atoms with E-state index in [1.165, 1.54) is 5.56 Å². The van der Waals surface area contributed by atoms with E-state index in [1.807, 2.05) is 23.9 Å². The van der Waals surface area contributed by atoms with Gasteiger partial charge in [-0.25, -0.2) is 4.98 Å². The molecular formula is C16H23N3O2. The van der Waals surface area contributed by atoms with Crippen molar-refractivity contribution in [2.24, 2.45) is 13.0 Å². The van der Waals surface area contributed by atoms with Crippen LogP contribution in [0.1, 0.15) is 36.1 Å². The van der Waals surface area contributed by atoms with Gasteiger partial charge in [-0.3, -0.25) is 4.90 Å². The largest absolute Gasteiger partial charge is 0.468 e. The maximum absolute atomic E-state index is 10.6. The predicted octanol–water partition coefficient (Wildman–Crippen LogP) is 2.27. The topological polar surface area (TPSA) is 54.4 Å². The molecule has 21 heavy (non-hydrogen) atoms. The van der Waals surface area contributed by atoms with Gasteiger partial charge in [-0.05, 0) is 37.9 Å². The Balaban J connectivity index is 1.66. The van der Waals surface area contributed by atoms with Crippen LogP contribution in [0.5, 0.6) is 0 Å². The lowest BCUT2D eigenvalue weighted by atomic mass is 9.92. The minimum atomic E-state index is -0.495. The first-order valence-electron chi connectivity index (χ1n) is 7.55. The second-order valence-electron chi connectivity index (χ2n) is 6.01. The fourth-order valence-corrected chi connectivity index (χ4v) is 3.13. The molecule has 0 saturated carbocycles. The third kappa shape index (κ3) is 3.04. The highest BCUT2D eigenvalue weighted by Crippen LogP contribution is 2.29. The van der Waals surface area contributed by atoms with E-state index < -0.39 is 6.10 Å². The number of rotatable bonds is 4. The van der Waals surface area contributed by atoms with Gasteiger partial charge in [0.1, 0.15) is 17.7 Å². The summed E-state index contributed by atoms with van der Waals surface area (Å²) in [5, 5.41) is 10.6. The summed E-state index contributed by atoms with van der Waals surface area (Å²) in [5.41, 5.74) is 1.20. The number of hydrogen-bond acceptors (Lipinski definition) is 4. The van der Waals surface area contributed by atoms with E-state index in [0.717, 1.165) is 44.1 Å². The lowest BCUT2D eigenvalue weighted by Gasteiger charge is -2.34. The molecule has 1 saturated heterocycles. The van der Waals surface area contributed by atoms with E-state index in [-0.39, 0.29) is 5.92 Å². The van der Waals surface area contributed by atoms with Crippen molar-refractivity contribution in [2.75, 3.05) is 13.1 Å². The van der Waals surface area contributed by atoms with Crippen LogP contribution in [0, 0.1) is 12.8 Å². The van der Waals surface area contributed by atoms with Crippen molar-refractivity contribution in [3.8, 4) is 0 Å². The molecule has 2 aromatic heterocycles. The van der Waals surface area contributed by atoms with Crippen molar-refractivity contribution >= 4 is 0 Å². The van der Waals surface area contributed by atoms with Gasteiger partial charge in [-0.15, -0.1) is 0 Å². The van der Waals surface area contributed by atoms with E-state index in [2.05, 4.69) is 16.8 Å². The highest BCUT2D eigenvalue weighted by Gasteiger charge is 2.29. The van der Waals surface area contributed by atoms with Crippen LogP contribution < -0.4 is 0 Å². The Morgan fingerprint density at radius 3 is 3.05 bits per heavy atom. The first kappa shape index (κ1) is 14.4. The molecule has 1 aliphatic heterocycles. The molecule has 2 aromatic rings. The van der Waals surface area contributed by atoms with Crippen LogP contribution in [0.4, 0.5) is 0 Å². The van der Waals surface area contributed by atoms with Crippen LogP contribution in [0.2, 0.25) is 0 Å². The van der Waals surface area contributed by atoms with Crippen LogP contribution in [0.3, 0.4) is 0 Å². The third-order valence-electron chi connectivity index (χ3n) is 4.45. The zero-order valence-electron chi connectivity index (χ0n) is 12.7. The molecule has 1 aliphatic rings. The molecule has 5 heteroatoms. The van der Waals surface area contributed by atoms with Crippen molar-refractivity contribution in [1.82, 2.24) is 14.5 Å². The second-order valence-corrected chi connectivity index (χ2v) is 6.01. The maximum atomic E-state index is 10.6. The fraction of sp³-hybridized carbons (Fsp3) is 0.562. The van der Waals surface area contributed by atoms with Crippen LogP contribution >= 0.6 is 0 Å². The van der Waals surface area contributed by atoms with Crippen molar-refractivity contribution < 1.29 is 9.52 Å². The Morgan fingerprint density at radius 2 is 2.38 bits per heavy atom. The Bertz CT molecular complexity index is 590. The number of nitrogens with zero attached hydrogens (tertiary/aromatic N) is 3. The average molecular weight is 289 g/mol. The smallest absolute Gasteiger partial charge is 0.137 e. The van der Waals surface area contributed by atoms with Gasteiger partial charge in [0.25, 0.3) is 0 Å². The molecule has 1 N–H and O–H groups in total. The number of aliphatic hydroxyl groups is 1. The molecule has 0 amide bonds. The molecule has 0 radical (unpaired) electrons. The molecule has 3 rings (SSSR count). The van der Waals surface area contributed by atoms with Gasteiger partial charge in [0.15, 0.2) is 0 Å². The average Bonchev–Trinajstić information content (AvgIpc) is 3.08. The fourth-order valence-electron chi connectivity index (χ4n) is 3.13. The van der Waals surface area contributed by atoms with Gasteiger partial charge in [0, 0.05) is 31.9 Å². The van der Waals surface area contributed by atoms with Crippen LogP contribution in [0.25, 0.3) is 0 Å². The first-order valence-corrected chi connectivity index (χ1v) is 7.55. The Kier molecular flexibility index (Phi) is 4.12. The summed E-state index contributed by atoms with van der Waals surface area (Å²) in [6.45, 7) is 4.84. The molecule has 114 valence electrons. The number of piperidine rings is 1. The van der Waals surface area contributed by atoms with Gasteiger partial charge < -0.3 is 14.1 Å². The standard InChI is InChI=1S/C16H23N3O2/c1-12-5-9-21-14(12)11-19-7-3-4-13(10-19)15(20)16-17-6-8-18(16)2/h5-6,8-9,13,15,20H,3-4,7,10-11H2,1-2H3. The van der Waals surface area contributed by atoms with Gasteiger partial charge >= 0.3 is 0 Å². The van der Waals surface area contributed by atoms with Crippen LogP contribution in [-0.2, 0) is 13.6 Å². The second kappa shape index (κ2) is 6.03. The Labute approximate surface area is 125 Å². The van der Waals surface area contributed by atoms with Crippen LogP contribution in [0.15, 0.2) is 29.1 Å². The van der Waals surface area contributed by atoms with E-state index in [9.17, 15) is 5.11 Å². The summed E-state index contributed by atoms with van der Waals surface area (Å²) >= 11 is 0. The first-order chi connectivity index (χ1) is 10.1. The summed E-state index contributed by atoms with van der Waals surface area (Å²) < 4.78 is 7.44. The van der Waals surface area contributed by atoms with Crippen molar-refractivity contribution in [3.63, 3.8) is 0 Å². The number of hydrogen-bond donors (Lipinski definition) is 1. The molecule has 2 atom stereocenters. The molecule has 0 aromatic carbocycles. The number of aliphatic hydroxyl groups excluding tert-OH is 1. The summed E-state index contributed by atoms with van der Waals surface area (Å²) in [4.78, 5) is 6.65. The van der Waals surface area contributed by atoms with Gasteiger partial charge in [-0.2, -0.15) is 0 Å². The molecule has 1 fully saturated rings. The monoisotopic (exact) mass is 289 g/mol. The quantitative estimate of drug-likeness (QED) is 0.938. The molecule has 0 aliphatic carbocycles. The number of aromatic nitrogens is 2. The Hall–Kier alpha value is -1.59. The summed E-state index contributed by atoms with van der Waals surface area (Å²) in [5.74, 6) is 2.02. The van der Waals surface area contributed by atoms with Crippen molar-refractivity contribution in [2.45, 2.75) is 32.4 Å². The highest BCUT2D eigenvalue weighted by atomic mass is 16.3. The van der Waals surface area contributed by atoms with Gasteiger partial charge in [0.2, 0.25) is 0 Å². The van der Waals surface area contributed by atoms with Gasteiger partial charge in [-0.1, -0.05) is 0 Å². The third-order valence-corrected chi connectivity index (χ3v) is 4.45. The molecule has 3 heterocycles. The number of aryl methyl sites for hydroxylation is 2. The lowest BCUT2D eigenvalue weighted by Crippen LogP contribution is -2.37. The lowest BCUT2D eigenvalue weighted by molar-refractivity contribution is 0.0383. The molecular weight excluding hydrogens is 266 g/mol. The summed E-state index contributed by atoms with van der Waals surface area (Å²) in [7, 11) is 1.93. The maximum Gasteiger partial charge on any atom is 0.137 e. The van der Waals surface area contributed by atoms with E-state index in [1.54, 1.807) is 12.5 Å². The molecule has 2 unspecified atom stereocenters. The number of imidazole rings is 1. The molecule has 0 bridgehead atoms. The van der Waals surface area contributed by atoms with E-state index in [0.29, 0.717) is 0 Å². The SMILES string of the molecule is Cc1ccoc1CN1CCCC(C(O)c2nccn2C)C1. The summed E-state index contributed by atoms with van der Waals surface area (Å²) in [6.07, 6.45) is 7.02. The number of likely N-dealkylation sites (tertiary alicyclic amines) is 1. The zero-order valence-corrected chi connectivity index (χ0v) is 12.7. The number of furan rings is 1. The molecule has 5 nitrogen and oxygen atoms in total. The zero-order chi connectivity index (χ0) is 14.8. The van der Waals surface area contributed by atoms with Crippen LogP contribution in [-0.4, -0.2) is 32.6 Å².